The fraction of sp³-hybridized carbons (Fsp3) is 0.355. The highest BCUT2D eigenvalue weighted by Crippen LogP contribution is 2.50. The van der Waals surface area contributed by atoms with E-state index in [0.717, 1.165) is 66.8 Å². The van der Waals surface area contributed by atoms with Gasteiger partial charge in [0, 0.05) is 47.8 Å². The van der Waals surface area contributed by atoms with Crippen molar-refractivity contribution in [3.63, 3.8) is 0 Å². The Hall–Kier alpha value is -3.60. The molecule has 0 radical (unpaired) electrons. The van der Waals surface area contributed by atoms with Crippen molar-refractivity contribution in [3.8, 4) is 11.5 Å². The summed E-state index contributed by atoms with van der Waals surface area (Å²) in [6.07, 6.45) is 7.01. The van der Waals surface area contributed by atoms with Gasteiger partial charge in [0.15, 0.2) is 23.1 Å². The van der Waals surface area contributed by atoms with Crippen LogP contribution in [-0.2, 0) is 16.0 Å². The minimum atomic E-state index is -0.356. The first-order valence-corrected chi connectivity index (χ1v) is 12.9. The molecule has 186 valence electrons. The fourth-order valence-electron chi connectivity index (χ4n) is 5.84. The van der Waals surface area contributed by atoms with E-state index in [4.69, 9.17) is 9.47 Å². The van der Waals surface area contributed by atoms with Crippen LogP contribution in [0.1, 0.15) is 55.6 Å². The van der Waals surface area contributed by atoms with Crippen LogP contribution in [0.15, 0.2) is 83.7 Å². The Morgan fingerprint density at radius 3 is 2.19 bits per heavy atom. The second-order valence-corrected chi connectivity index (χ2v) is 9.60. The van der Waals surface area contributed by atoms with Gasteiger partial charge in [0.1, 0.15) is 6.61 Å². The summed E-state index contributed by atoms with van der Waals surface area (Å²) in [5.74, 6) is 1.17. The largest absolute Gasteiger partial charge is 0.493 e. The number of carbonyl (C=O) groups excluding carboxylic acids is 2. The summed E-state index contributed by atoms with van der Waals surface area (Å²) in [5.41, 5.74) is 5.97. The predicted octanol–water partition coefficient (Wildman–Crippen LogP) is 5.92. The number of methoxy groups -OCH3 is 1. The minimum absolute atomic E-state index is 0.154. The lowest BCUT2D eigenvalue weighted by molar-refractivity contribution is -0.117. The highest BCUT2D eigenvalue weighted by molar-refractivity contribution is 6.06. The fourth-order valence-corrected chi connectivity index (χ4v) is 5.84. The SMILES string of the molecule is C=CCOc1ccc(C2C3=C(CCCC3=O)N(CCc3ccccc3)C3=C2C(=O)CCC3)cc1OC. The van der Waals surface area contributed by atoms with E-state index in [9.17, 15) is 9.59 Å². The molecule has 1 heterocycles. The van der Waals surface area contributed by atoms with Crippen LogP contribution < -0.4 is 9.47 Å². The van der Waals surface area contributed by atoms with Crippen molar-refractivity contribution >= 4 is 11.6 Å². The molecule has 0 saturated heterocycles. The van der Waals surface area contributed by atoms with Crippen LogP contribution in [0.3, 0.4) is 0 Å². The molecule has 3 aliphatic rings. The smallest absolute Gasteiger partial charge is 0.161 e. The number of benzene rings is 2. The van der Waals surface area contributed by atoms with E-state index in [0.29, 0.717) is 30.9 Å². The first kappa shape index (κ1) is 24.1. The van der Waals surface area contributed by atoms with Crippen molar-refractivity contribution in [2.45, 2.75) is 50.9 Å². The van der Waals surface area contributed by atoms with Gasteiger partial charge in [0.2, 0.25) is 0 Å². The number of hydrogen-bond acceptors (Lipinski definition) is 5. The maximum Gasteiger partial charge on any atom is 0.161 e. The monoisotopic (exact) mass is 483 g/mol. The molecule has 1 aliphatic heterocycles. The molecule has 0 unspecified atom stereocenters. The van der Waals surface area contributed by atoms with Crippen LogP contribution in [0, 0.1) is 0 Å². The Balaban J connectivity index is 1.61. The lowest BCUT2D eigenvalue weighted by Crippen LogP contribution is -2.39. The van der Waals surface area contributed by atoms with E-state index in [2.05, 4.69) is 35.7 Å². The van der Waals surface area contributed by atoms with E-state index in [-0.39, 0.29) is 17.5 Å². The van der Waals surface area contributed by atoms with Gasteiger partial charge >= 0.3 is 0 Å². The number of Topliss-reactive ketones (excluding diaryl/α,β-unsaturated/α-hetero) is 2. The van der Waals surface area contributed by atoms with Crippen LogP contribution in [-0.4, -0.2) is 36.7 Å². The van der Waals surface area contributed by atoms with Crippen LogP contribution in [0.2, 0.25) is 0 Å². The molecular weight excluding hydrogens is 450 g/mol. The Morgan fingerprint density at radius 2 is 1.58 bits per heavy atom. The molecule has 0 spiro atoms. The van der Waals surface area contributed by atoms with Gasteiger partial charge in [-0.1, -0.05) is 49.1 Å². The van der Waals surface area contributed by atoms with E-state index < -0.39 is 0 Å². The Bertz CT molecular complexity index is 1200. The van der Waals surface area contributed by atoms with Crippen molar-refractivity contribution in [1.82, 2.24) is 4.90 Å². The van der Waals surface area contributed by atoms with Gasteiger partial charge in [-0.05, 0) is 55.4 Å². The molecular formula is C31H33NO4. The zero-order valence-corrected chi connectivity index (χ0v) is 20.9. The maximum atomic E-state index is 13.5. The first-order valence-electron chi connectivity index (χ1n) is 12.9. The Labute approximate surface area is 213 Å². The van der Waals surface area contributed by atoms with Crippen molar-refractivity contribution < 1.29 is 19.1 Å². The average molecular weight is 484 g/mol. The van der Waals surface area contributed by atoms with Crippen LogP contribution in [0.4, 0.5) is 0 Å². The standard InChI is InChI=1S/C31H33NO4/c1-3-19-36-27-16-15-22(20-28(27)35-2)29-30-23(11-7-13-25(30)33)32(18-17-21-9-5-4-6-10-21)24-12-8-14-26(34)31(24)29/h3-6,9-10,15-16,20,29H,1,7-8,11-14,17-19H2,2H3. The third-order valence-electron chi connectivity index (χ3n) is 7.43. The molecule has 0 N–H and O–H groups in total. The predicted molar refractivity (Wildman–Crippen MR) is 140 cm³/mol. The Kier molecular flexibility index (Phi) is 7.08. The van der Waals surface area contributed by atoms with Crippen molar-refractivity contribution in [2.75, 3.05) is 20.3 Å². The van der Waals surface area contributed by atoms with E-state index >= 15 is 0 Å². The van der Waals surface area contributed by atoms with E-state index in [1.54, 1.807) is 13.2 Å². The van der Waals surface area contributed by atoms with Crippen LogP contribution in [0.25, 0.3) is 0 Å². The second-order valence-electron chi connectivity index (χ2n) is 9.60. The maximum absolute atomic E-state index is 13.5. The summed E-state index contributed by atoms with van der Waals surface area (Å²) >= 11 is 0. The molecule has 2 aromatic carbocycles. The van der Waals surface area contributed by atoms with Gasteiger partial charge < -0.3 is 14.4 Å². The molecule has 0 aromatic heterocycles. The second kappa shape index (κ2) is 10.6. The third-order valence-corrected chi connectivity index (χ3v) is 7.43. The summed E-state index contributed by atoms with van der Waals surface area (Å²) in [7, 11) is 1.61. The van der Waals surface area contributed by atoms with Gasteiger partial charge in [0.25, 0.3) is 0 Å². The molecule has 0 fully saturated rings. The molecule has 0 atom stereocenters. The summed E-state index contributed by atoms with van der Waals surface area (Å²) in [6, 6.07) is 16.2. The van der Waals surface area contributed by atoms with E-state index in [1.165, 1.54) is 5.56 Å². The van der Waals surface area contributed by atoms with Gasteiger partial charge in [-0.25, -0.2) is 0 Å². The number of rotatable bonds is 8. The number of nitrogens with zero attached hydrogens (tertiary/aromatic N) is 1. The molecule has 2 aromatic rings. The third kappa shape index (κ3) is 4.50. The molecule has 2 aliphatic carbocycles. The zero-order chi connectivity index (χ0) is 25.1. The number of carbonyl (C=O) groups is 2. The van der Waals surface area contributed by atoms with Crippen molar-refractivity contribution in [2.24, 2.45) is 0 Å². The minimum Gasteiger partial charge on any atom is -0.493 e. The molecule has 5 heteroatoms. The van der Waals surface area contributed by atoms with Gasteiger partial charge in [-0.15, -0.1) is 0 Å². The number of hydrogen-bond donors (Lipinski definition) is 0. The van der Waals surface area contributed by atoms with Crippen molar-refractivity contribution in [3.05, 3.63) is 94.9 Å². The zero-order valence-electron chi connectivity index (χ0n) is 20.9. The molecule has 0 amide bonds. The summed E-state index contributed by atoms with van der Waals surface area (Å²) in [6.45, 7) is 4.86. The molecule has 5 nitrogen and oxygen atoms in total. The average Bonchev–Trinajstić information content (AvgIpc) is 2.91. The normalized spacial score (nSPS) is 18.2. The lowest BCUT2D eigenvalue weighted by Gasteiger charge is -2.44. The highest BCUT2D eigenvalue weighted by Gasteiger charge is 2.43. The van der Waals surface area contributed by atoms with Crippen LogP contribution in [0.5, 0.6) is 11.5 Å². The summed E-state index contributed by atoms with van der Waals surface area (Å²) in [5, 5.41) is 0. The summed E-state index contributed by atoms with van der Waals surface area (Å²) in [4.78, 5) is 29.3. The van der Waals surface area contributed by atoms with Crippen LogP contribution >= 0.6 is 0 Å². The van der Waals surface area contributed by atoms with Gasteiger partial charge in [-0.3, -0.25) is 9.59 Å². The quantitative estimate of drug-likeness (QED) is 0.437. The van der Waals surface area contributed by atoms with Crippen molar-refractivity contribution in [1.29, 1.82) is 0 Å². The molecule has 5 rings (SSSR count). The van der Waals surface area contributed by atoms with Gasteiger partial charge in [-0.2, -0.15) is 0 Å². The molecule has 0 bridgehead atoms. The Morgan fingerprint density at radius 1 is 0.917 bits per heavy atom. The number of allylic oxidation sites excluding steroid dienone is 4. The summed E-state index contributed by atoms with van der Waals surface area (Å²) < 4.78 is 11.4. The lowest BCUT2D eigenvalue weighted by atomic mass is 9.71. The van der Waals surface area contributed by atoms with Gasteiger partial charge in [0.05, 0.1) is 7.11 Å². The molecule has 0 saturated carbocycles. The number of ether oxygens (including phenoxy) is 2. The number of ketones is 2. The van der Waals surface area contributed by atoms with E-state index in [1.807, 2.05) is 24.3 Å². The first-order chi connectivity index (χ1) is 17.6. The molecule has 36 heavy (non-hydrogen) atoms. The topological polar surface area (TPSA) is 55.8 Å². The highest BCUT2D eigenvalue weighted by atomic mass is 16.5.